The number of hydrogen-bond acceptors (Lipinski definition) is 3. The zero-order valence-corrected chi connectivity index (χ0v) is 21.0. The number of guanidine groups is 1. The average Bonchev–Trinajstić information content (AvgIpc) is 2.72. The van der Waals surface area contributed by atoms with Crippen molar-refractivity contribution in [1.29, 1.82) is 0 Å². The van der Waals surface area contributed by atoms with E-state index >= 15 is 0 Å². The number of aliphatic imine (C=N–C) groups is 1. The van der Waals surface area contributed by atoms with Crippen LogP contribution in [0, 0.1) is 12.7 Å². The molecule has 2 rings (SSSR count). The summed E-state index contributed by atoms with van der Waals surface area (Å²) in [5.41, 5.74) is 3.04. The Bertz CT molecular complexity index is 873. The zero-order chi connectivity index (χ0) is 21.9. The van der Waals surface area contributed by atoms with Gasteiger partial charge in [-0.1, -0.05) is 24.3 Å². The molecule has 2 aromatic rings. The molecular weight excluding hydrogens is 508 g/mol. The van der Waals surface area contributed by atoms with Crippen molar-refractivity contribution in [3.63, 3.8) is 0 Å². The summed E-state index contributed by atoms with van der Waals surface area (Å²) in [6, 6.07) is 12.7. The van der Waals surface area contributed by atoms with Gasteiger partial charge >= 0.3 is 0 Å². The zero-order valence-electron chi connectivity index (χ0n) is 18.7. The van der Waals surface area contributed by atoms with Gasteiger partial charge in [0.15, 0.2) is 5.96 Å². The van der Waals surface area contributed by atoms with Crippen molar-refractivity contribution >= 4 is 35.8 Å². The molecule has 0 radical (unpaired) electrons. The van der Waals surface area contributed by atoms with Crippen molar-refractivity contribution < 1.29 is 9.18 Å². The fourth-order valence-corrected chi connectivity index (χ4v) is 2.75. The molecule has 8 heteroatoms. The minimum Gasteiger partial charge on any atom is -0.357 e. The lowest BCUT2D eigenvalue weighted by Crippen LogP contribution is -2.36. The van der Waals surface area contributed by atoms with Crippen LogP contribution in [0.5, 0.6) is 0 Å². The van der Waals surface area contributed by atoms with Crippen LogP contribution in [0.4, 0.5) is 4.39 Å². The molecule has 0 bridgehead atoms. The molecule has 2 aromatic carbocycles. The molecule has 0 aromatic heterocycles. The summed E-state index contributed by atoms with van der Waals surface area (Å²) in [5.74, 6) is 0.338. The maximum absolute atomic E-state index is 13.7. The average molecular weight is 541 g/mol. The van der Waals surface area contributed by atoms with E-state index in [4.69, 9.17) is 0 Å². The van der Waals surface area contributed by atoms with Gasteiger partial charge in [-0.3, -0.25) is 4.79 Å². The van der Waals surface area contributed by atoms with E-state index in [9.17, 15) is 9.18 Å². The predicted octanol–water partition coefficient (Wildman–Crippen LogP) is 3.30. The molecule has 0 aliphatic rings. The molecule has 31 heavy (non-hydrogen) atoms. The van der Waals surface area contributed by atoms with Crippen LogP contribution < -0.4 is 16.0 Å². The fraction of sp³-hybridized carbons (Fsp3) is 0.391. The van der Waals surface area contributed by atoms with Crippen molar-refractivity contribution in [3.8, 4) is 0 Å². The van der Waals surface area contributed by atoms with Crippen LogP contribution in [0.1, 0.15) is 34.0 Å². The number of carbonyl (C=O) groups excluding carboxylic acids is 1. The number of aryl methyl sites for hydroxylation is 1. The van der Waals surface area contributed by atoms with Gasteiger partial charge < -0.3 is 20.9 Å². The first-order valence-corrected chi connectivity index (χ1v) is 10.2. The van der Waals surface area contributed by atoms with E-state index in [2.05, 4.69) is 20.9 Å². The van der Waals surface area contributed by atoms with Gasteiger partial charge in [0.25, 0.3) is 5.91 Å². The lowest BCUT2D eigenvalue weighted by atomic mass is 10.1. The number of amides is 1. The molecule has 0 fully saturated rings. The Morgan fingerprint density at radius 3 is 2.52 bits per heavy atom. The number of carbonyl (C=O) groups is 1. The Hall–Kier alpha value is -2.20. The lowest BCUT2D eigenvalue weighted by molar-refractivity contribution is 0.0951. The topological polar surface area (TPSA) is 68.8 Å². The highest BCUT2D eigenvalue weighted by molar-refractivity contribution is 14.0. The monoisotopic (exact) mass is 541 g/mol. The summed E-state index contributed by atoms with van der Waals surface area (Å²) in [4.78, 5) is 18.9. The largest absolute Gasteiger partial charge is 0.357 e. The summed E-state index contributed by atoms with van der Waals surface area (Å²) in [6.07, 6.45) is 0. The summed E-state index contributed by atoms with van der Waals surface area (Å²) in [7, 11) is 3.94. The van der Waals surface area contributed by atoms with Crippen molar-refractivity contribution in [3.05, 3.63) is 70.5 Å². The van der Waals surface area contributed by atoms with Crippen molar-refractivity contribution in [2.24, 2.45) is 4.99 Å². The third kappa shape index (κ3) is 9.65. The lowest BCUT2D eigenvalue weighted by Gasteiger charge is -2.12. The van der Waals surface area contributed by atoms with E-state index in [-0.39, 0.29) is 35.7 Å². The van der Waals surface area contributed by atoms with E-state index in [0.717, 1.165) is 17.7 Å². The van der Waals surface area contributed by atoms with Crippen LogP contribution in [0.25, 0.3) is 0 Å². The highest BCUT2D eigenvalue weighted by atomic mass is 127. The minimum atomic E-state index is -0.211. The minimum absolute atomic E-state index is 0. The number of nitrogens with one attached hydrogen (secondary N) is 3. The first-order valence-electron chi connectivity index (χ1n) is 10.2. The number of likely N-dealkylation sites (N-methyl/N-ethyl adjacent to an activating group) is 1. The maximum Gasteiger partial charge on any atom is 0.251 e. The second kappa shape index (κ2) is 14.0. The van der Waals surface area contributed by atoms with Gasteiger partial charge in [-0.2, -0.15) is 0 Å². The van der Waals surface area contributed by atoms with Crippen LogP contribution >= 0.6 is 24.0 Å². The highest BCUT2D eigenvalue weighted by Gasteiger charge is 2.06. The van der Waals surface area contributed by atoms with E-state index < -0.39 is 0 Å². The number of nitrogens with zero attached hydrogens (tertiary/aromatic N) is 2. The number of benzene rings is 2. The molecule has 1 amide bonds. The Morgan fingerprint density at radius 2 is 1.84 bits per heavy atom. The summed E-state index contributed by atoms with van der Waals surface area (Å²) < 4.78 is 13.7. The standard InChI is InChI=1S/C23H32FN5O.HI/c1-5-25-23(28-16-19-10-9-17(2)21(24)14-19)27-15-18-7-6-8-20(13-18)22(30)26-11-12-29(3)4;/h6-10,13-14H,5,11-12,15-16H2,1-4H3,(H,26,30)(H2,25,27,28);1H. The quantitative estimate of drug-likeness (QED) is 0.259. The van der Waals surface area contributed by atoms with Gasteiger partial charge in [-0.05, 0) is 62.8 Å². The molecule has 0 aliphatic heterocycles. The van der Waals surface area contributed by atoms with E-state index in [1.165, 1.54) is 6.07 Å². The predicted molar refractivity (Wildman–Crippen MR) is 136 cm³/mol. The summed E-state index contributed by atoms with van der Waals surface area (Å²) in [5, 5.41) is 9.32. The second-order valence-corrected chi connectivity index (χ2v) is 7.39. The van der Waals surface area contributed by atoms with Gasteiger partial charge in [0, 0.05) is 31.7 Å². The molecule has 0 atom stereocenters. The van der Waals surface area contributed by atoms with Gasteiger partial charge in [0.05, 0.1) is 6.54 Å². The van der Waals surface area contributed by atoms with Crippen molar-refractivity contribution in [2.75, 3.05) is 33.7 Å². The van der Waals surface area contributed by atoms with E-state index in [0.29, 0.717) is 43.3 Å². The van der Waals surface area contributed by atoms with Crippen LogP contribution in [0.2, 0.25) is 0 Å². The number of hydrogen-bond donors (Lipinski definition) is 3. The van der Waals surface area contributed by atoms with Gasteiger partial charge in [0.1, 0.15) is 5.82 Å². The van der Waals surface area contributed by atoms with Crippen molar-refractivity contribution in [1.82, 2.24) is 20.9 Å². The molecule has 0 spiro atoms. The molecule has 3 N–H and O–H groups in total. The molecule has 0 heterocycles. The van der Waals surface area contributed by atoms with Crippen LogP contribution in [-0.4, -0.2) is 50.5 Å². The molecule has 0 unspecified atom stereocenters. The molecule has 170 valence electrons. The number of halogens is 2. The maximum atomic E-state index is 13.7. The molecule has 6 nitrogen and oxygen atoms in total. The van der Waals surface area contributed by atoms with Gasteiger partial charge in [0.2, 0.25) is 0 Å². The molecule has 0 saturated carbocycles. The SMILES string of the molecule is CCNC(=NCc1cccc(C(=O)NCCN(C)C)c1)NCc1ccc(C)c(F)c1.I. The highest BCUT2D eigenvalue weighted by Crippen LogP contribution is 2.09. The molecular formula is C23H33FIN5O. The van der Waals surface area contributed by atoms with Crippen LogP contribution in [0.15, 0.2) is 47.5 Å². The molecule has 0 aliphatic carbocycles. The summed E-state index contributed by atoms with van der Waals surface area (Å²) in [6.45, 7) is 6.73. The van der Waals surface area contributed by atoms with Gasteiger partial charge in [-0.15, -0.1) is 24.0 Å². The third-order valence-electron chi connectivity index (χ3n) is 4.49. The summed E-state index contributed by atoms with van der Waals surface area (Å²) >= 11 is 0. The fourth-order valence-electron chi connectivity index (χ4n) is 2.75. The smallest absolute Gasteiger partial charge is 0.251 e. The number of rotatable bonds is 9. The first kappa shape index (κ1) is 26.8. The third-order valence-corrected chi connectivity index (χ3v) is 4.49. The van der Waals surface area contributed by atoms with Crippen LogP contribution in [0.3, 0.4) is 0 Å². The van der Waals surface area contributed by atoms with Crippen LogP contribution in [-0.2, 0) is 13.1 Å². The second-order valence-electron chi connectivity index (χ2n) is 7.39. The van der Waals surface area contributed by atoms with Gasteiger partial charge in [-0.25, -0.2) is 9.38 Å². The Labute approximate surface area is 201 Å². The molecule has 0 saturated heterocycles. The normalized spacial score (nSPS) is 11.1. The first-order chi connectivity index (χ1) is 14.4. The van der Waals surface area contributed by atoms with Crippen molar-refractivity contribution in [2.45, 2.75) is 26.9 Å². The van der Waals surface area contributed by atoms with E-state index in [1.54, 1.807) is 19.1 Å². The van der Waals surface area contributed by atoms with E-state index in [1.807, 2.05) is 50.2 Å². The Kier molecular flexibility index (Phi) is 12.1. The Balaban J connectivity index is 0.00000480. The Morgan fingerprint density at radius 1 is 1.06 bits per heavy atom.